The molecule has 7 heteroatoms. The molecule has 1 aliphatic rings. The van der Waals surface area contributed by atoms with Gasteiger partial charge in [-0.05, 0) is 12.1 Å². The molecule has 1 saturated heterocycles. The third-order valence-corrected chi connectivity index (χ3v) is 2.37. The molecular formula is C10H7ClN2O4. The normalized spacial score (nSPS) is 15.2. The molecule has 0 unspecified atom stereocenters. The average Bonchev–Trinajstić information content (AvgIpc) is 2.61. The number of hydrogen-bond acceptors (Lipinski definition) is 5. The van der Waals surface area contributed by atoms with Crippen LogP contribution in [0.3, 0.4) is 0 Å². The van der Waals surface area contributed by atoms with Gasteiger partial charge in [0, 0.05) is 19.0 Å². The molecule has 1 aromatic heterocycles. The number of rotatable bonds is 2. The summed E-state index contributed by atoms with van der Waals surface area (Å²) in [7, 11) is 0. The van der Waals surface area contributed by atoms with Crippen molar-refractivity contribution < 1.29 is 19.2 Å². The van der Waals surface area contributed by atoms with Crippen LogP contribution in [0.25, 0.3) is 0 Å². The lowest BCUT2D eigenvalue weighted by Crippen LogP contribution is -2.32. The number of hydrogen-bond donors (Lipinski definition) is 0. The first kappa shape index (κ1) is 11.5. The van der Waals surface area contributed by atoms with Gasteiger partial charge < -0.3 is 4.84 Å². The van der Waals surface area contributed by atoms with Crippen molar-refractivity contribution in [2.24, 2.45) is 0 Å². The second-order valence-electron chi connectivity index (χ2n) is 3.33. The second-order valence-corrected chi connectivity index (χ2v) is 3.72. The number of halogens is 1. The van der Waals surface area contributed by atoms with Crippen molar-refractivity contribution in [3.05, 3.63) is 29.0 Å². The van der Waals surface area contributed by atoms with E-state index in [-0.39, 0.29) is 23.6 Å². The van der Waals surface area contributed by atoms with Gasteiger partial charge in [0.05, 0.1) is 5.56 Å². The Kier molecular flexibility index (Phi) is 3.06. The SMILES string of the molecule is O=C(ON1C(=O)CCC1=O)c1ccc(Cl)nc1. The minimum atomic E-state index is -0.822. The lowest BCUT2D eigenvalue weighted by molar-refractivity contribution is -0.172. The topological polar surface area (TPSA) is 76.6 Å². The summed E-state index contributed by atoms with van der Waals surface area (Å²) in [5, 5.41) is 0.714. The molecule has 2 heterocycles. The van der Waals surface area contributed by atoms with Gasteiger partial charge in [0.1, 0.15) is 5.15 Å². The van der Waals surface area contributed by atoms with E-state index in [1.807, 2.05) is 0 Å². The third-order valence-electron chi connectivity index (χ3n) is 2.14. The Morgan fingerprint density at radius 3 is 2.47 bits per heavy atom. The predicted octanol–water partition coefficient (Wildman–Crippen LogP) is 0.956. The van der Waals surface area contributed by atoms with Crippen LogP contribution in [0.5, 0.6) is 0 Å². The fraction of sp³-hybridized carbons (Fsp3) is 0.200. The van der Waals surface area contributed by atoms with Crippen molar-refractivity contribution in [3.8, 4) is 0 Å². The Hall–Kier alpha value is -1.95. The molecule has 0 atom stereocenters. The van der Waals surface area contributed by atoms with E-state index in [4.69, 9.17) is 11.6 Å². The summed E-state index contributed by atoms with van der Waals surface area (Å²) in [6.07, 6.45) is 1.33. The zero-order valence-electron chi connectivity index (χ0n) is 8.55. The van der Waals surface area contributed by atoms with Crippen LogP contribution in [0.2, 0.25) is 5.15 Å². The first-order chi connectivity index (χ1) is 8.08. The molecule has 88 valence electrons. The van der Waals surface area contributed by atoms with Crippen molar-refractivity contribution in [1.29, 1.82) is 0 Å². The van der Waals surface area contributed by atoms with Crippen molar-refractivity contribution in [3.63, 3.8) is 0 Å². The van der Waals surface area contributed by atoms with Crippen molar-refractivity contribution in [1.82, 2.24) is 10.0 Å². The van der Waals surface area contributed by atoms with E-state index in [1.54, 1.807) is 0 Å². The van der Waals surface area contributed by atoms with Gasteiger partial charge in [-0.3, -0.25) is 9.59 Å². The standard InChI is InChI=1S/C10H7ClN2O4/c11-7-2-1-6(5-12-7)10(16)17-13-8(14)3-4-9(13)15/h1-2,5H,3-4H2. The van der Waals surface area contributed by atoms with Gasteiger partial charge in [0.2, 0.25) is 0 Å². The number of carbonyl (C=O) groups excluding carboxylic acids is 3. The molecule has 0 radical (unpaired) electrons. The van der Waals surface area contributed by atoms with Crippen LogP contribution in [0, 0.1) is 0 Å². The Morgan fingerprint density at radius 2 is 1.94 bits per heavy atom. The Balaban J connectivity index is 2.09. The quantitative estimate of drug-likeness (QED) is 0.580. The lowest BCUT2D eigenvalue weighted by Gasteiger charge is -2.12. The van der Waals surface area contributed by atoms with E-state index in [0.29, 0.717) is 5.06 Å². The molecule has 2 amide bonds. The summed E-state index contributed by atoms with van der Waals surface area (Å²) >= 11 is 5.55. The van der Waals surface area contributed by atoms with Gasteiger partial charge in [-0.25, -0.2) is 9.78 Å². The maximum absolute atomic E-state index is 11.6. The van der Waals surface area contributed by atoms with E-state index in [2.05, 4.69) is 9.82 Å². The molecule has 2 rings (SSSR count). The van der Waals surface area contributed by atoms with E-state index in [0.717, 1.165) is 0 Å². The van der Waals surface area contributed by atoms with Crippen molar-refractivity contribution in [2.75, 3.05) is 0 Å². The number of pyridine rings is 1. The highest BCUT2D eigenvalue weighted by Gasteiger charge is 2.33. The van der Waals surface area contributed by atoms with E-state index < -0.39 is 17.8 Å². The lowest BCUT2D eigenvalue weighted by atomic mass is 10.3. The summed E-state index contributed by atoms with van der Waals surface area (Å²) in [5.41, 5.74) is 0.113. The smallest absolute Gasteiger partial charge is 0.325 e. The molecular weight excluding hydrogens is 248 g/mol. The highest BCUT2D eigenvalue weighted by molar-refractivity contribution is 6.29. The molecule has 0 spiro atoms. The number of amides is 2. The maximum Gasteiger partial charge on any atom is 0.365 e. The second kappa shape index (κ2) is 4.50. The summed E-state index contributed by atoms with van der Waals surface area (Å²) in [5.74, 6) is -1.87. The summed E-state index contributed by atoms with van der Waals surface area (Å²) in [6.45, 7) is 0. The fourth-order valence-electron chi connectivity index (χ4n) is 1.29. The van der Waals surface area contributed by atoms with Crippen LogP contribution in [0.4, 0.5) is 0 Å². The van der Waals surface area contributed by atoms with E-state index >= 15 is 0 Å². The molecule has 0 bridgehead atoms. The molecule has 0 aromatic carbocycles. The van der Waals surface area contributed by atoms with Gasteiger partial charge in [-0.1, -0.05) is 11.6 Å². The van der Waals surface area contributed by atoms with Gasteiger partial charge in [-0.2, -0.15) is 0 Å². The van der Waals surface area contributed by atoms with Gasteiger partial charge in [0.25, 0.3) is 11.8 Å². The largest absolute Gasteiger partial charge is 0.365 e. The summed E-state index contributed by atoms with van der Waals surface area (Å²) in [4.78, 5) is 42.3. The zero-order chi connectivity index (χ0) is 12.4. The van der Waals surface area contributed by atoms with Gasteiger partial charge in [0.15, 0.2) is 0 Å². The molecule has 0 N–H and O–H groups in total. The molecule has 1 aliphatic heterocycles. The van der Waals surface area contributed by atoms with Crippen LogP contribution >= 0.6 is 11.6 Å². The van der Waals surface area contributed by atoms with E-state index in [9.17, 15) is 14.4 Å². The minimum Gasteiger partial charge on any atom is -0.325 e. The number of carbonyl (C=O) groups is 3. The number of imide groups is 1. The first-order valence-corrected chi connectivity index (χ1v) is 5.15. The highest BCUT2D eigenvalue weighted by Crippen LogP contribution is 2.14. The summed E-state index contributed by atoms with van der Waals surface area (Å²) < 4.78 is 0. The van der Waals surface area contributed by atoms with E-state index in [1.165, 1.54) is 18.3 Å². The van der Waals surface area contributed by atoms with Crippen LogP contribution in [-0.4, -0.2) is 27.8 Å². The van der Waals surface area contributed by atoms with Gasteiger partial charge in [-0.15, -0.1) is 5.06 Å². The molecule has 0 saturated carbocycles. The Morgan fingerprint density at radius 1 is 1.29 bits per heavy atom. The molecule has 1 fully saturated rings. The predicted molar refractivity (Wildman–Crippen MR) is 55.7 cm³/mol. The van der Waals surface area contributed by atoms with Crippen LogP contribution in [0.15, 0.2) is 18.3 Å². The third kappa shape index (κ3) is 2.42. The molecule has 17 heavy (non-hydrogen) atoms. The number of aromatic nitrogens is 1. The Labute approximate surface area is 101 Å². The number of nitrogens with zero attached hydrogens (tertiary/aromatic N) is 2. The molecule has 0 aliphatic carbocycles. The fourth-order valence-corrected chi connectivity index (χ4v) is 1.40. The van der Waals surface area contributed by atoms with Crippen molar-refractivity contribution >= 4 is 29.4 Å². The van der Waals surface area contributed by atoms with Crippen molar-refractivity contribution in [2.45, 2.75) is 12.8 Å². The monoisotopic (exact) mass is 254 g/mol. The average molecular weight is 255 g/mol. The zero-order valence-corrected chi connectivity index (χ0v) is 9.31. The minimum absolute atomic E-state index is 0.0605. The Bertz CT molecular complexity index is 470. The van der Waals surface area contributed by atoms with Gasteiger partial charge >= 0.3 is 5.97 Å². The molecule has 1 aromatic rings. The van der Waals surface area contributed by atoms with Crippen LogP contribution < -0.4 is 0 Å². The maximum atomic E-state index is 11.6. The highest BCUT2D eigenvalue weighted by atomic mass is 35.5. The number of hydroxylamine groups is 2. The first-order valence-electron chi connectivity index (χ1n) is 4.77. The van der Waals surface area contributed by atoms with Crippen LogP contribution in [-0.2, 0) is 14.4 Å². The van der Waals surface area contributed by atoms with Crippen LogP contribution in [0.1, 0.15) is 23.2 Å². The summed E-state index contributed by atoms with van der Waals surface area (Å²) in [6, 6.07) is 2.80. The molecule has 6 nitrogen and oxygen atoms in total.